The molecule has 0 unspecified atom stereocenters. The van der Waals surface area contributed by atoms with Gasteiger partial charge < -0.3 is 10.6 Å². The van der Waals surface area contributed by atoms with Crippen LogP contribution in [-0.2, 0) is 4.79 Å². The molecule has 0 saturated carbocycles. The molecule has 15 heavy (non-hydrogen) atoms. The van der Waals surface area contributed by atoms with E-state index >= 15 is 0 Å². The Balaban J connectivity index is 3.23. The lowest BCUT2D eigenvalue weighted by molar-refractivity contribution is -0.121. The minimum absolute atomic E-state index is 0.00886. The third-order valence-electron chi connectivity index (χ3n) is 1.86. The number of hydrogen-bond donors (Lipinski definition) is 2. The smallest absolute Gasteiger partial charge is 0.278 e. The second-order valence-electron chi connectivity index (χ2n) is 3.23. The first-order valence-electron chi connectivity index (χ1n) is 5.29. The third-order valence-corrected chi connectivity index (χ3v) is 2.37. The van der Waals surface area contributed by atoms with Gasteiger partial charge in [-0.15, -0.1) is 0 Å². The molecule has 0 aliphatic heterocycles. The molecule has 0 aromatic rings. The second-order valence-corrected chi connectivity index (χ2v) is 4.00. The van der Waals surface area contributed by atoms with Gasteiger partial charge in [0.25, 0.3) is 5.24 Å². The Morgan fingerprint density at radius 2 is 1.87 bits per heavy atom. The number of amides is 2. The summed E-state index contributed by atoms with van der Waals surface area (Å²) in [5.74, 6) is 0.105. The molecule has 0 spiro atoms. The quantitative estimate of drug-likeness (QED) is 0.658. The first kappa shape index (κ1) is 14.3. The summed E-state index contributed by atoms with van der Waals surface area (Å²) in [4.78, 5) is 22.0. The minimum Gasteiger partial charge on any atom is -0.356 e. The van der Waals surface area contributed by atoms with Crippen molar-refractivity contribution in [2.75, 3.05) is 19.3 Å². The Morgan fingerprint density at radius 3 is 2.47 bits per heavy atom. The molecule has 0 heterocycles. The SMILES string of the molecule is CCCNC(=O)CCCCNC(=O)SC. The summed E-state index contributed by atoms with van der Waals surface area (Å²) < 4.78 is 0. The second kappa shape index (κ2) is 9.83. The molecule has 2 amide bonds. The summed E-state index contributed by atoms with van der Waals surface area (Å²) >= 11 is 1.17. The van der Waals surface area contributed by atoms with Gasteiger partial charge in [0.15, 0.2) is 0 Å². The van der Waals surface area contributed by atoms with Gasteiger partial charge in [-0.1, -0.05) is 18.7 Å². The van der Waals surface area contributed by atoms with Gasteiger partial charge in [-0.2, -0.15) is 0 Å². The molecule has 0 aliphatic carbocycles. The van der Waals surface area contributed by atoms with E-state index in [1.54, 1.807) is 6.26 Å². The third kappa shape index (κ3) is 9.59. The van der Waals surface area contributed by atoms with Crippen LogP contribution in [0.3, 0.4) is 0 Å². The number of rotatable bonds is 7. The number of carbonyl (C=O) groups excluding carboxylic acids is 2. The van der Waals surface area contributed by atoms with Crippen molar-refractivity contribution in [2.24, 2.45) is 0 Å². The zero-order chi connectivity index (χ0) is 11.5. The molecule has 0 fully saturated rings. The van der Waals surface area contributed by atoms with Gasteiger partial charge in [0.05, 0.1) is 0 Å². The molecular formula is C10H20N2O2S. The van der Waals surface area contributed by atoms with Crippen LogP contribution in [-0.4, -0.2) is 30.5 Å². The van der Waals surface area contributed by atoms with Gasteiger partial charge in [-0.05, 0) is 25.5 Å². The normalized spacial score (nSPS) is 9.73. The van der Waals surface area contributed by atoms with Crippen LogP contribution in [0.4, 0.5) is 4.79 Å². The lowest BCUT2D eigenvalue weighted by Gasteiger charge is -2.04. The molecule has 0 radical (unpaired) electrons. The molecule has 0 rings (SSSR count). The van der Waals surface area contributed by atoms with Crippen molar-refractivity contribution in [3.05, 3.63) is 0 Å². The Labute approximate surface area is 95.6 Å². The molecule has 4 nitrogen and oxygen atoms in total. The van der Waals surface area contributed by atoms with Crippen molar-refractivity contribution in [3.63, 3.8) is 0 Å². The number of carbonyl (C=O) groups is 2. The van der Waals surface area contributed by atoms with Crippen LogP contribution in [0, 0.1) is 0 Å². The molecule has 0 bridgehead atoms. The van der Waals surface area contributed by atoms with E-state index in [0.29, 0.717) is 13.0 Å². The van der Waals surface area contributed by atoms with Gasteiger partial charge in [-0.25, -0.2) is 0 Å². The van der Waals surface area contributed by atoms with E-state index < -0.39 is 0 Å². The minimum atomic E-state index is -0.00886. The first-order chi connectivity index (χ1) is 7.20. The monoisotopic (exact) mass is 232 g/mol. The average molecular weight is 232 g/mol. The molecule has 0 aromatic heterocycles. The lowest BCUT2D eigenvalue weighted by Crippen LogP contribution is -2.24. The van der Waals surface area contributed by atoms with Crippen molar-refractivity contribution in [1.82, 2.24) is 10.6 Å². The standard InChI is InChI=1S/C10H20N2O2S/c1-3-7-11-9(13)6-4-5-8-12-10(14)15-2/h3-8H2,1-2H3,(H,11,13)(H,12,14). The van der Waals surface area contributed by atoms with Crippen LogP contribution >= 0.6 is 11.8 Å². The maximum Gasteiger partial charge on any atom is 0.278 e. The molecule has 0 atom stereocenters. The van der Waals surface area contributed by atoms with E-state index in [1.165, 1.54) is 11.8 Å². The fraction of sp³-hybridized carbons (Fsp3) is 0.800. The fourth-order valence-electron chi connectivity index (χ4n) is 1.03. The summed E-state index contributed by atoms with van der Waals surface area (Å²) in [5, 5.41) is 5.55. The highest BCUT2D eigenvalue weighted by molar-refractivity contribution is 8.12. The summed E-state index contributed by atoms with van der Waals surface area (Å²) in [6, 6.07) is 0. The van der Waals surface area contributed by atoms with Crippen LogP contribution in [0.1, 0.15) is 32.6 Å². The van der Waals surface area contributed by atoms with Crippen molar-refractivity contribution in [1.29, 1.82) is 0 Å². The number of unbranched alkanes of at least 4 members (excludes halogenated alkanes) is 1. The number of nitrogens with one attached hydrogen (secondary N) is 2. The first-order valence-corrected chi connectivity index (χ1v) is 6.51. The number of thioether (sulfide) groups is 1. The van der Waals surface area contributed by atoms with Gasteiger partial charge >= 0.3 is 0 Å². The summed E-state index contributed by atoms with van der Waals surface area (Å²) in [6.07, 6.45) is 4.94. The van der Waals surface area contributed by atoms with E-state index in [1.807, 2.05) is 6.92 Å². The molecule has 0 aliphatic rings. The predicted octanol–water partition coefficient (Wildman–Crippen LogP) is 1.76. The zero-order valence-electron chi connectivity index (χ0n) is 9.47. The Morgan fingerprint density at radius 1 is 1.13 bits per heavy atom. The largest absolute Gasteiger partial charge is 0.356 e. The van der Waals surface area contributed by atoms with Crippen LogP contribution in [0.5, 0.6) is 0 Å². The van der Waals surface area contributed by atoms with E-state index in [-0.39, 0.29) is 11.1 Å². The molecule has 88 valence electrons. The lowest BCUT2D eigenvalue weighted by atomic mass is 10.2. The summed E-state index contributed by atoms with van der Waals surface area (Å²) in [7, 11) is 0. The summed E-state index contributed by atoms with van der Waals surface area (Å²) in [5.41, 5.74) is 0. The number of hydrogen-bond acceptors (Lipinski definition) is 3. The van der Waals surface area contributed by atoms with Crippen molar-refractivity contribution >= 4 is 22.9 Å². The molecule has 0 aromatic carbocycles. The Bertz CT molecular complexity index is 198. The van der Waals surface area contributed by atoms with E-state index in [2.05, 4.69) is 10.6 Å². The van der Waals surface area contributed by atoms with Gasteiger partial charge in [0.2, 0.25) is 5.91 Å². The fourth-order valence-corrected chi connectivity index (χ4v) is 1.27. The zero-order valence-corrected chi connectivity index (χ0v) is 10.3. The van der Waals surface area contributed by atoms with Crippen molar-refractivity contribution in [2.45, 2.75) is 32.6 Å². The topological polar surface area (TPSA) is 58.2 Å². The molecular weight excluding hydrogens is 212 g/mol. The van der Waals surface area contributed by atoms with Crippen LogP contribution < -0.4 is 10.6 Å². The van der Waals surface area contributed by atoms with Gasteiger partial charge in [0.1, 0.15) is 0 Å². The average Bonchev–Trinajstić information content (AvgIpc) is 2.25. The maximum absolute atomic E-state index is 11.2. The summed E-state index contributed by atoms with van der Waals surface area (Å²) in [6.45, 7) is 3.43. The molecule has 0 saturated heterocycles. The maximum atomic E-state index is 11.2. The van der Waals surface area contributed by atoms with Crippen LogP contribution in [0.15, 0.2) is 0 Å². The predicted molar refractivity (Wildman–Crippen MR) is 64.1 cm³/mol. The van der Waals surface area contributed by atoms with Crippen molar-refractivity contribution < 1.29 is 9.59 Å². The highest BCUT2D eigenvalue weighted by Crippen LogP contribution is 1.96. The van der Waals surface area contributed by atoms with E-state index in [4.69, 9.17) is 0 Å². The molecule has 5 heteroatoms. The van der Waals surface area contributed by atoms with E-state index in [9.17, 15) is 9.59 Å². The van der Waals surface area contributed by atoms with Gasteiger partial charge in [0, 0.05) is 19.5 Å². The Kier molecular flexibility index (Phi) is 9.36. The van der Waals surface area contributed by atoms with Crippen LogP contribution in [0.2, 0.25) is 0 Å². The van der Waals surface area contributed by atoms with E-state index in [0.717, 1.165) is 25.8 Å². The molecule has 2 N–H and O–H groups in total. The Hall–Kier alpha value is -0.710. The van der Waals surface area contributed by atoms with Crippen molar-refractivity contribution in [3.8, 4) is 0 Å². The highest BCUT2D eigenvalue weighted by atomic mass is 32.2. The van der Waals surface area contributed by atoms with Crippen LogP contribution in [0.25, 0.3) is 0 Å². The highest BCUT2D eigenvalue weighted by Gasteiger charge is 2.00. The van der Waals surface area contributed by atoms with Gasteiger partial charge in [-0.3, -0.25) is 9.59 Å².